The third kappa shape index (κ3) is 4.20. The van der Waals surface area contributed by atoms with E-state index in [0.717, 1.165) is 0 Å². The Labute approximate surface area is 77.5 Å². The number of carbonyl (C=O) groups is 2. The largest absolute Gasteiger partial charge is 0.346 e. The van der Waals surface area contributed by atoms with Crippen LogP contribution >= 0.6 is 0 Å². The number of rotatable bonds is 6. The average molecular weight is 182 g/mol. The first-order valence-corrected chi connectivity index (χ1v) is 4.10. The van der Waals surface area contributed by atoms with Gasteiger partial charge in [-0.15, -0.1) is 6.58 Å². The first kappa shape index (κ1) is 11.6. The number of hydrogen-bond acceptors (Lipinski definition) is 3. The zero-order valence-corrected chi connectivity index (χ0v) is 7.67. The third-order valence-electron chi connectivity index (χ3n) is 1.54. The quantitative estimate of drug-likeness (QED) is 0.468. The summed E-state index contributed by atoms with van der Waals surface area (Å²) in [7, 11) is 0. The van der Waals surface area contributed by atoms with E-state index in [1.165, 1.54) is 0 Å². The van der Waals surface area contributed by atoms with Gasteiger partial charge in [0.25, 0.3) is 0 Å². The van der Waals surface area contributed by atoms with E-state index in [0.29, 0.717) is 19.1 Å². The lowest BCUT2D eigenvalue weighted by atomic mass is 10.1. The molecule has 4 nitrogen and oxygen atoms in total. The minimum atomic E-state index is -0.623. The highest BCUT2D eigenvalue weighted by Gasteiger charge is 2.15. The molecule has 4 heteroatoms. The van der Waals surface area contributed by atoms with Crippen molar-refractivity contribution >= 4 is 17.9 Å². The molecule has 0 aromatic rings. The zero-order valence-electron chi connectivity index (χ0n) is 7.67. The molecule has 0 aromatic carbocycles. The van der Waals surface area contributed by atoms with Crippen molar-refractivity contribution in [1.82, 2.24) is 5.32 Å². The maximum absolute atomic E-state index is 11.0. The lowest BCUT2D eigenvalue weighted by molar-refractivity contribution is -0.124. The van der Waals surface area contributed by atoms with Gasteiger partial charge in [0, 0.05) is 6.42 Å². The zero-order chi connectivity index (χ0) is 10.3. The molecule has 1 amide bonds. The first-order chi connectivity index (χ1) is 6.15. The molecule has 0 aliphatic carbocycles. The third-order valence-corrected chi connectivity index (χ3v) is 1.54. The van der Waals surface area contributed by atoms with Gasteiger partial charge in [-0.3, -0.25) is 9.59 Å². The van der Waals surface area contributed by atoms with Gasteiger partial charge in [-0.1, -0.05) is 13.0 Å². The van der Waals surface area contributed by atoms with E-state index in [2.05, 4.69) is 11.9 Å². The van der Waals surface area contributed by atoms with Crippen molar-refractivity contribution in [2.75, 3.05) is 0 Å². The van der Waals surface area contributed by atoms with Crippen LogP contribution < -0.4 is 5.32 Å². The van der Waals surface area contributed by atoms with Crippen molar-refractivity contribution in [3.05, 3.63) is 12.7 Å². The van der Waals surface area contributed by atoms with Crippen molar-refractivity contribution in [3.63, 3.8) is 0 Å². The van der Waals surface area contributed by atoms with Crippen LogP contribution in [0.25, 0.3) is 0 Å². The van der Waals surface area contributed by atoms with E-state index in [4.69, 9.17) is 5.41 Å². The SMILES string of the molecule is C=CCC(NC(=O)CC)C(=O)C=N. The summed E-state index contributed by atoms with van der Waals surface area (Å²) < 4.78 is 0. The number of ketones is 1. The van der Waals surface area contributed by atoms with Gasteiger partial charge in [-0.25, -0.2) is 0 Å². The van der Waals surface area contributed by atoms with Crippen molar-refractivity contribution in [2.24, 2.45) is 0 Å². The van der Waals surface area contributed by atoms with Crippen molar-refractivity contribution < 1.29 is 9.59 Å². The van der Waals surface area contributed by atoms with Gasteiger partial charge in [0.15, 0.2) is 5.78 Å². The Morgan fingerprint density at radius 1 is 1.62 bits per heavy atom. The van der Waals surface area contributed by atoms with Crippen molar-refractivity contribution in [2.45, 2.75) is 25.8 Å². The Bertz CT molecular complexity index is 224. The lowest BCUT2D eigenvalue weighted by Crippen LogP contribution is -2.40. The summed E-state index contributed by atoms with van der Waals surface area (Å²) in [6.07, 6.45) is 2.95. The van der Waals surface area contributed by atoms with Crippen LogP contribution in [0.3, 0.4) is 0 Å². The minimum Gasteiger partial charge on any atom is -0.346 e. The molecule has 0 radical (unpaired) electrons. The summed E-state index contributed by atoms with van der Waals surface area (Å²) >= 11 is 0. The Morgan fingerprint density at radius 2 is 2.23 bits per heavy atom. The second-order valence-corrected chi connectivity index (χ2v) is 2.54. The summed E-state index contributed by atoms with van der Waals surface area (Å²) in [5.41, 5.74) is 0. The number of carbonyl (C=O) groups excluding carboxylic acids is 2. The van der Waals surface area contributed by atoms with Gasteiger partial charge in [0.2, 0.25) is 5.91 Å². The van der Waals surface area contributed by atoms with E-state index in [1.807, 2.05) is 0 Å². The maximum Gasteiger partial charge on any atom is 0.220 e. The van der Waals surface area contributed by atoms with Crippen LogP contribution in [-0.4, -0.2) is 23.9 Å². The Morgan fingerprint density at radius 3 is 2.62 bits per heavy atom. The van der Waals surface area contributed by atoms with E-state index < -0.39 is 11.8 Å². The molecule has 0 heterocycles. The summed E-state index contributed by atoms with van der Waals surface area (Å²) in [5, 5.41) is 9.27. The van der Waals surface area contributed by atoms with Crippen LogP contribution in [0, 0.1) is 5.41 Å². The predicted molar refractivity (Wildman–Crippen MR) is 50.8 cm³/mol. The van der Waals surface area contributed by atoms with Crippen LogP contribution in [0.5, 0.6) is 0 Å². The highest BCUT2D eigenvalue weighted by atomic mass is 16.2. The van der Waals surface area contributed by atoms with Crippen LogP contribution in [0.4, 0.5) is 0 Å². The topological polar surface area (TPSA) is 70.0 Å². The van der Waals surface area contributed by atoms with E-state index in [1.54, 1.807) is 13.0 Å². The van der Waals surface area contributed by atoms with Crippen LogP contribution in [0.15, 0.2) is 12.7 Å². The maximum atomic E-state index is 11.0. The normalized spacial score (nSPS) is 11.5. The van der Waals surface area contributed by atoms with E-state index in [9.17, 15) is 9.59 Å². The monoisotopic (exact) mass is 182 g/mol. The van der Waals surface area contributed by atoms with Crippen LogP contribution in [0.2, 0.25) is 0 Å². The molecule has 72 valence electrons. The predicted octanol–water partition coefficient (Wildman–Crippen LogP) is 0.676. The summed E-state index contributed by atoms with van der Waals surface area (Å²) in [6.45, 7) is 5.18. The molecule has 13 heavy (non-hydrogen) atoms. The van der Waals surface area contributed by atoms with E-state index in [-0.39, 0.29) is 5.91 Å². The summed E-state index contributed by atoms with van der Waals surface area (Å²) in [4.78, 5) is 22.0. The molecule has 0 aliphatic rings. The fraction of sp³-hybridized carbons (Fsp3) is 0.444. The molecular weight excluding hydrogens is 168 g/mol. The fourth-order valence-electron chi connectivity index (χ4n) is 0.810. The molecule has 0 saturated carbocycles. The first-order valence-electron chi connectivity index (χ1n) is 4.10. The Balaban J connectivity index is 4.24. The molecule has 0 saturated heterocycles. The van der Waals surface area contributed by atoms with E-state index >= 15 is 0 Å². The van der Waals surface area contributed by atoms with Crippen LogP contribution in [-0.2, 0) is 9.59 Å². The number of nitrogens with one attached hydrogen (secondary N) is 2. The lowest BCUT2D eigenvalue weighted by Gasteiger charge is -2.12. The van der Waals surface area contributed by atoms with Gasteiger partial charge in [0.05, 0.1) is 12.3 Å². The Kier molecular flexibility index (Phi) is 5.43. The summed E-state index contributed by atoms with van der Waals surface area (Å²) in [5.74, 6) is -0.594. The molecule has 0 aromatic heterocycles. The average Bonchev–Trinajstić information content (AvgIpc) is 2.15. The van der Waals surface area contributed by atoms with Crippen LogP contribution in [0.1, 0.15) is 19.8 Å². The highest BCUT2D eigenvalue weighted by molar-refractivity contribution is 6.29. The molecule has 0 fully saturated rings. The van der Waals surface area contributed by atoms with Gasteiger partial charge in [-0.2, -0.15) is 0 Å². The van der Waals surface area contributed by atoms with Gasteiger partial charge in [-0.05, 0) is 6.42 Å². The fourth-order valence-corrected chi connectivity index (χ4v) is 0.810. The molecular formula is C9H14N2O2. The molecule has 0 spiro atoms. The molecule has 0 rings (SSSR count). The number of amides is 1. The number of hydrogen-bond donors (Lipinski definition) is 2. The Hall–Kier alpha value is -1.45. The minimum absolute atomic E-state index is 0.193. The smallest absolute Gasteiger partial charge is 0.220 e. The van der Waals surface area contributed by atoms with Gasteiger partial charge < -0.3 is 10.7 Å². The molecule has 0 bridgehead atoms. The van der Waals surface area contributed by atoms with Crippen molar-refractivity contribution in [3.8, 4) is 0 Å². The van der Waals surface area contributed by atoms with Gasteiger partial charge in [0.1, 0.15) is 0 Å². The highest BCUT2D eigenvalue weighted by Crippen LogP contribution is 1.94. The second-order valence-electron chi connectivity index (χ2n) is 2.54. The number of Topliss-reactive ketones (excluding diaryl/α,β-unsaturated/α-hetero) is 1. The van der Waals surface area contributed by atoms with Gasteiger partial charge >= 0.3 is 0 Å². The molecule has 2 N–H and O–H groups in total. The van der Waals surface area contributed by atoms with Crippen molar-refractivity contribution in [1.29, 1.82) is 5.41 Å². The summed E-state index contributed by atoms with van der Waals surface area (Å²) in [6, 6.07) is -0.623. The molecule has 1 unspecified atom stereocenters. The molecule has 1 atom stereocenters. The molecule has 0 aliphatic heterocycles. The second kappa shape index (κ2) is 6.11. The standard InChI is InChI=1S/C9H14N2O2/c1-3-5-7(8(12)6-10)11-9(13)4-2/h3,6-7,10H,1,4-5H2,2H3,(H,11,13).